The minimum Gasteiger partial charge on any atom is -0.376 e. The average Bonchev–Trinajstić information content (AvgIpc) is 3.14. The van der Waals surface area contributed by atoms with Gasteiger partial charge in [0, 0.05) is 16.7 Å². The van der Waals surface area contributed by atoms with Crippen molar-refractivity contribution in [3.8, 4) is 0 Å². The van der Waals surface area contributed by atoms with Crippen molar-refractivity contribution in [2.75, 3.05) is 18.5 Å². The van der Waals surface area contributed by atoms with Crippen LogP contribution in [0.2, 0.25) is 0 Å². The fourth-order valence-corrected chi connectivity index (χ4v) is 3.36. The topological polar surface area (TPSA) is 67.4 Å². The van der Waals surface area contributed by atoms with Crippen LogP contribution in [0.3, 0.4) is 0 Å². The van der Waals surface area contributed by atoms with Gasteiger partial charge in [0.05, 0.1) is 22.9 Å². The standard InChI is InChI=1S/C19H19IN2O3/c20-16-9-3-1-7-14(16)19(24)22-17-10-4-2-8-15(17)18(23)21-12-13-6-5-11-25-13/h1-4,7-10,13H,5-6,11-12H2,(H,21,23)(H,22,24)/t13-/m0/s1. The van der Waals surface area contributed by atoms with Crippen LogP contribution >= 0.6 is 22.6 Å². The van der Waals surface area contributed by atoms with Crippen LogP contribution in [0.25, 0.3) is 0 Å². The Morgan fingerprint density at radius 2 is 1.76 bits per heavy atom. The zero-order chi connectivity index (χ0) is 17.6. The number of anilines is 1. The third-order valence-corrected chi connectivity index (χ3v) is 4.99. The first-order chi connectivity index (χ1) is 12.1. The van der Waals surface area contributed by atoms with Crippen LogP contribution in [0.15, 0.2) is 48.5 Å². The first-order valence-corrected chi connectivity index (χ1v) is 9.28. The third kappa shape index (κ3) is 4.58. The number of carbonyl (C=O) groups excluding carboxylic acids is 2. The highest BCUT2D eigenvalue weighted by Gasteiger charge is 2.19. The predicted molar refractivity (Wildman–Crippen MR) is 105 cm³/mol. The molecule has 2 aromatic carbocycles. The minimum absolute atomic E-state index is 0.0802. The Balaban J connectivity index is 1.71. The quantitative estimate of drug-likeness (QED) is 0.686. The predicted octanol–water partition coefficient (Wildman–Crippen LogP) is 3.45. The Hall–Kier alpha value is -1.93. The lowest BCUT2D eigenvalue weighted by atomic mass is 10.1. The Bertz CT molecular complexity index is 773. The second-order valence-corrected chi connectivity index (χ2v) is 6.99. The van der Waals surface area contributed by atoms with Crippen molar-refractivity contribution in [3.05, 3.63) is 63.2 Å². The summed E-state index contributed by atoms with van der Waals surface area (Å²) in [4.78, 5) is 25.0. The van der Waals surface area contributed by atoms with Gasteiger partial charge in [-0.25, -0.2) is 0 Å². The lowest BCUT2D eigenvalue weighted by molar-refractivity contribution is 0.0858. The number of hydrogen-bond acceptors (Lipinski definition) is 3. The van der Waals surface area contributed by atoms with Crippen molar-refractivity contribution in [2.24, 2.45) is 0 Å². The van der Waals surface area contributed by atoms with Gasteiger partial charge >= 0.3 is 0 Å². The van der Waals surface area contributed by atoms with Gasteiger partial charge in [-0.05, 0) is 59.7 Å². The Morgan fingerprint density at radius 3 is 2.48 bits per heavy atom. The average molecular weight is 450 g/mol. The molecule has 1 fully saturated rings. The molecule has 1 saturated heterocycles. The van der Waals surface area contributed by atoms with Crippen LogP contribution in [0.5, 0.6) is 0 Å². The SMILES string of the molecule is O=C(Nc1ccccc1C(=O)NC[C@@H]1CCCO1)c1ccccc1I. The van der Waals surface area contributed by atoms with Gasteiger partial charge in [-0.1, -0.05) is 24.3 Å². The van der Waals surface area contributed by atoms with Gasteiger partial charge in [0.15, 0.2) is 0 Å². The molecular weight excluding hydrogens is 431 g/mol. The third-order valence-electron chi connectivity index (χ3n) is 4.05. The van der Waals surface area contributed by atoms with Gasteiger partial charge in [-0.2, -0.15) is 0 Å². The Kier molecular flexibility index (Phi) is 6.04. The maximum atomic E-state index is 12.5. The first-order valence-electron chi connectivity index (χ1n) is 8.20. The van der Waals surface area contributed by atoms with Crippen molar-refractivity contribution in [2.45, 2.75) is 18.9 Å². The maximum absolute atomic E-state index is 12.5. The van der Waals surface area contributed by atoms with Crippen molar-refractivity contribution < 1.29 is 14.3 Å². The Labute approximate surface area is 160 Å². The lowest BCUT2D eigenvalue weighted by Gasteiger charge is -2.14. The first kappa shape index (κ1) is 17.9. The van der Waals surface area contributed by atoms with Crippen LogP contribution < -0.4 is 10.6 Å². The van der Waals surface area contributed by atoms with Crippen molar-refractivity contribution in [1.82, 2.24) is 5.32 Å². The highest BCUT2D eigenvalue weighted by Crippen LogP contribution is 2.19. The molecule has 1 aliphatic heterocycles. The molecule has 2 aromatic rings. The van der Waals surface area contributed by atoms with E-state index in [4.69, 9.17) is 4.74 Å². The van der Waals surface area contributed by atoms with Crippen molar-refractivity contribution in [1.29, 1.82) is 0 Å². The van der Waals surface area contributed by atoms with E-state index in [2.05, 4.69) is 33.2 Å². The number of benzene rings is 2. The summed E-state index contributed by atoms with van der Waals surface area (Å²) in [6, 6.07) is 14.3. The highest BCUT2D eigenvalue weighted by atomic mass is 127. The molecule has 5 nitrogen and oxygen atoms in total. The van der Waals surface area contributed by atoms with Crippen LogP contribution in [-0.4, -0.2) is 31.1 Å². The molecule has 25 heavy (non-hydrogen) atoms. The summed E-state index contributed by atoms with van der Waals surface area (Å²) in [5, 5.41) is 5.73. The van der Waals surface area contributed by atoms with E-state index in [1.54, 1.807) is 30.3 Å². The zero-order valence-electron chi connectivity index (χ0n) is 13.6. The zero-order valence-corrected chi connectivity index (χ0v) is 15.8. The lowest BCUT2D eigenvalue weighted by Crippen LogP contribution is -2.32. The van der Waals surface area contributed by atoms with Crippen LogP contribution in [0.4, 0.5) is 5.69 Å². The van der Waals surface area contributed by atoms with Gasteiger partial charge in [-0.15, -0.1) is 0 Å². The molecule has 2 N–H and O–H groups in total. The number of rotatable bonds is 5. The number of hydrogen-bond donors (Lipinski definition) is 2. The summed E-state index contributed by atoms with van der Waals surface area (Å²) >= 11 is 2.12. The van der Waals surface area contributed by atoms with Gasteiger partial charge in [0.25, 0.3) is 11.8 Å². The largest absolute Gasteiger partial charge is 0.376 e. The normalized spacial score (nSPS) is 16.4. The molecule has 1 aliphatic rings. The molecule has 0 bridgehead atoms. The molecule has 0 aromatic heterocycles. The van der Waals surface area contributed by atoms with E-state index >= 15 is 0 Å². The smallest absolute Gasteiger partial charge is 0.256 e. The van der Waals surface area contributed by atoms with Crippen molar-refractivity contribution >= 4 is 40.1 Å². The molecule has 3 rings (SSSR count). The number of halogens is 1. The number of carbonyl (C=O) groups is 2. The summed E-state index contributed by atoms with van der Waals surface area (Å²) in [5.74, 6) is -0.446. The molecule has 0 spiro atoms. The summed E-state index contributed by atoms with van der Waals surface area (Å²) in [5.41, 5.74) is 1.52. The van der Waals surface area contributed by atoms with Crippen LogP contribution in [0, 0.1) is 3.57 Å². The van der Waals surface area contributed by atoms with E-state index in [0.717, 1.165) is 23.0 Å². The van der Waals surface area contributed by atoms with Gasteiger partial charge < -0.3 is 15.4 Å². The van der Waals surface area contributed by atoms with E-state index in [-0.39, 0.29) is 17.9 Å². The highest BCUT2D eigenvalue weighted by molar-refractivity contribution is 14.1. The molecule has 1 heterocycles. The maximum Gasteiger partial charge on any atom is 0.256 e. The van der Waals surface area contributed by atoms with E-state index in [1.165, 1.54) is 0 Å². The molecule has 0 unspecified atom stereocenters. The fourth-order valence-electron chi connectivity index (χ4n) is 2.73. The van der Waals surface area contributed by atoms with Gasteiger partial charge in [0.2, 0.25) is 0 Å². The monoisotopic (exact) mass is 450 g/mol. The molecule has 0 radical (unpaired) electrons. The summed E-state index contributed by atoms with van der Waals surface area (Å²) < 4.78 is 6.38. The molecule has 2 amide bonds. The summed E-state index contributed by atoms with van der Waals surface area (Å²) in [6.07, 6.45) is 2.07. The van der Waals surface area contributed by atoms with Gasteiger partial charge in [-0.3, -0.25) is 9.59 Å². The van der Waals surface area contributed by atoms with E-state index in [1.807, 2.05) is 18.2 Å². The van der Waals surface area contributed by atoms with E-state index in [9.17, 15) is 9.59 Å². The second-order valence-electron chi connectivity index (χ2n) is 5.82. The van der Waals surface area contributed by atoms with Crippen LogP contribution in [-0.2, 0) is 4.74 Å². The minimum atomic E-state index is -0.232. The molecule has 130 valence electrons. The number of nitrogens with one attached hydrogen (secondary N) is 2. The summed E-state index contributed by atoms with van der Waals surface area (Å²) in [6.45, 7) is 1.24. The Morgan fingerprint density at radius 1 is 1.04 bits per heavy atom. The molecule has 0 aliphatic carbocycles. The number of ether oxygens (including phenoxy) is 1. The van der Waals surface area contributed by atoms with Crippen LogP contribution in [0.1, 0.15) is 33.6 Å². The van der Waals surface area contributed by atoms with Gasteiger partial charge in [0.1, 0.15) is 0 Å². The van der Waals surface area contributed by atoms with E-state index < -0.39 is 0 Å². The molecular formula is C19H19IN2O3. The summed E-state index contributed by atoms with van der Waals surface area (Å²) in [7, 11) is 0. The fraction of sp³-hybridized carbons (Fsp3) is 0.263. The molecule has 1 atom stereocenters. The number of amides is 2. The van der Waals surface area contributed by atoms with E-state index in [0.29, 0.717) is 23.4 Å². The second kappa shape index (κ2) is 8.44. The molecule has 0 saturated carbocycles. The van der Waals surface area contributed by atoms with Crippen molar-refractivity contribution in [3.63, 3.8) is 0 Å². The molecule has 6 heteroatoms. The number of para-hydroxylation sites is 1.